The first-order valence-electron chi connectivity index (χ1n) is 3.95. The van der Waals surface area contributed by atoms with E-state index in [4.69, 9.17) is 11.5 Å². The summed E-state index contributed by atoms with van der Waals surface area (Å²) in [5.41, 5.74) is 10.0. The maximum Gasteiger partial charge on any atom is 0.221 e. The van der Waals surface area contributed by atoms with Gasteiger partial charge in [-0.25, -0.2) is 0 Å². The van der Waals surface area contributed by atoms with Crippen LogP contribution in [0.1, 0.15) is 20.3 Å². The van der Waals surface area contributed by atoms with Crippen molar-refractivity contribution in [2.45, 2.75) is 20.3 Å². The lowest BCUT2D eigenvalue weighted by molar-refractivity contribution is -0.120. The van der Waals surface area contributed by atoms with E-state index in [0.29, 0.717) is 0 Å². The molecule has 1 aliphatic carbocycles. The van der Waals surface area contributed by atoms with Crippen molar-refractivity contribution in [3.63, 3.8) is 0 Å². The Morgan fingerprint density at radius 3 is 2.08 bits per heavy atom. The van der Waals surface area contributed by atoms with Gasteiger partial charge in [-0.1, -0.05) is 13.8 Å². The minimum absolute atomic E-state index is 0.0486. The number of amides is 2. The van der Waals surface area contributed by atoms with Crippen LogP contribution in [0.25, 0.3) is 0 Å². The van der Waals surface area contributed by atoms with Gasteiger partial charge in [-0.2, -0.15) is 0 Å². The highest BCUT2D eigenvalue weighted by molar-refractivity contribution is 5.83. The largest absolute Gasteiger partial charge is 0.370 e. The first-order chi connectivity index (χ1) is 5.37. The summed E-state index contributed by atoms with van der Waals surface area (Å²) >= 11 is 0. The molecule has 0 saturated heterocycles. The van der Waals surface area contributed by atoms with Crippen molar-refractivity contribution in [3.05, 3.63) is 0 Å². The van der Waals surface area contributed by atoms with E-state index >= 15 is 0 Å². The van der Waals surface area contributed by atoms with Crippen molar-refractivity contribution in [2.24, 2.45) is 28.7 Å². The van der Waals surface area contributed by atoms with Gasteiger partial charge in [0.2, 0.25) is 11.8 Å². The highest BCUT2D eigenvalue weighted by atomic mass is 16.1. The van der Waals surface area contributed by atoms with E-state index in [0.717, 1.165) is 0 Å². The number of nitrogens with two attached hydrogens (primary N) is 2. The van der Waals surface area contributed by atoms with E-state index in [9.17, 15) is 9.59 Å². The van der Waals surface area contributed by atoms with Crippen molar-refractivity contribution in [2.75, 3.05) is 0 Å². The molecule has 4 heteroatoms. The number of carbonyl (C=O) groups is 2. The molecule has 0 aromatic heterocycles. The number of carbonyl (C=O) groups excluding carboxylic acids is 2. The molecule has 2 atom stereocenters. The van der Waals surface area contributed by atoms with Crippen molar-refractivity contribution < 1.29 is 9.59 Å². The Labute approximate surface area is 71.3 Å². The third kappa shape index (κ3) is 1.29. The minimum Gasteiger partial charge on any atom is -0.370 e. The Morgan fingerprint density at radius 2 is 1.83 bits per heavy atom. The van der Waals surface area contributed by atoms with E-state index in [1.165, 1.54) is 0 Å². The van der Waals surface area contributed by atoms with Crippen LogP contribution in [0.15, 0.2) is 0 Å². The molecule has 0 spiro atoms. The molecule has 4 nitrogen and oxygen atoms in total. The zero-order chi connectivity index (χ0) is 9.52. The average molecular weight is 170 g/mol. The topological polar surface area (TPSA) is 86.2 Å². The number of hydrogen-bond acceptors (Lipinski definition) is 2. The van der Waals surface area contributed by atoms with Crippen LogP contribution in [-0.2, 0) is 9.59 Å². The van der Waals surface area contributed by atoms with E-state index in [2.05, 4.69) is 0 Å². The second-order valence-electron chi connectivity index (χ2n) is 3.98. The molecule has 1 aliphatic rings. The van der Waals surface area contributed by atoms with Gasteiger partial charge in [-0.05, 0) is 11.3 Å². The molecule has 2 unspecified atom stereocenters. The van der Waals surface area contributed by atoms with Gasteiger partial charge in [0.25, 0.3) is 0 Å². The molecule has 0 heterocycles. The van der Waals surface area contributed by atoms with Crippen LogP contribution >= 0.6 is 0 Å². The molecular weight excluding hydrogens is 156 g/mol. The molecule has 0 aromatic carbocycles. The van der Waals surface area contributed by atoms with E-state index in [1.807, 2.05) is 13.8 Å². The quantitative estimate of drug-likeness (QED) is 0.604. The van der Waals surface area contributed by atoms with Gasteiger partial charge in [0.1, 0.15) is 0 Å². The maximum absolute atomic E-state index is 10.8. The van der Waals surface area contributed by atoms with Gasteiger partial charge in [-0.3, -0.25) is 9.59 Å². The molecular formula is C8H14N2O2. The molecule has 68 valence electrons. The van der Waals surface area contributed by atoms with E-state index in [1.54, 1.807) is 0 Å². The van der Waals surface area contributed by atoms with Gasteiger partial charge in [0, 0.05) is 12.3 Å². The predicted molar refractivity (Wildman–Crippen MR) is 43.8 cm³/mol. The fraction of sp³-hybridized carbons (Fsp3) is 0.750. The number of rotatable bonds is 3. The Morgan fingerprint density at radius 1 is 1.33 bits per heavy atom. The standard InChI is InChI=1S/C8H14N2O2/c1-8(2)4(3-5(9)11)6(8)7(10)12/h4,6H,3H2,1-2H3,(H2,9,11)(H2,10,12). The van der Waals surface area contributed by atoms with E-state index in [-0.39, 0.29) is 35.5 Å². The highest BCUT2D eigenvalue weighted by Crippen LogP contribution is 2.59. The Balaban J connectivity index is 2.60. The summed E-state index contributed by atoms with van der Waals surface area (Å²) in [5.74, 6) is -0.819. The second kappa shape index (κ2) is 2.47. The van der Waals surface area contributed by atoms with Gasteiger partial charge < -0.3 is 11.5 Å². The van der Waals surface area contributed by atoms with Crippen molar-refractivity contribution >= 4 is 11.8 Å². The van der Waals surface area contributed by atoms with Crippen molar-refractivity contribution in [1.29, 1.82) is 0 Å². The van der Waals surface area contributed by atoms with Crippen molar-refractivity contribution in [1.82, 2.24) is 0 Å². The second-order valence-corrected chi connectivity index (χ2v) is 3.98. The summed E-state index contributed by atoms with van der Waals surface area (Å²) < 4.78 is 0. The molecule has 1 saturated carbocycles. The Hall–Kier alpha value is -1.06. The molecule has 1 fully saturated rings. The third-order valence-electron chi connectivity index (χ3n) is 2.78. The molecule has 0 aromatic rings. The monoisotopic (exact) mass is 170 g/mol. The lowest BCUT2D eigenvalue weighted by Gasteiger charge is -1.98. The third-order valence-corrected chi connectivity index (χ3v) is 2.78. The van der Waals surface area contributed by atoms with E-state index < -0.39 is 0 Å². The summed E-state index contributed by atoms with van der Waals surface area (Å²) in [6.07, 6.45) is 0.264. The van der Waals surface area contributed by atoms with Crippen LogP contribution in [0.3, 0.4) is 0 Å². The molecule has 0 bridgehead atoms. The normalized spacial score (nSPS) is 31.2. The van der Waals surface area contributed by atoms with Crippen LogP contribution in [0.4, 0.5) is 0 Å². The van der Waals surface area contributed by atoms with Crippen LogP contribution < -0.4 is 11.5 Å². The minimum atomic E-state index is -0.364. The average Bonchev–Trinajstić information content (AvgIpc) is 2.32. The summed E-state index contributed by atoms with van der Waals surface area (Å²) in [6.45, 7) is 3.85. The smallest absolute Gasteiger partial charge is 0.221 e. The Kier molecular flexibility index (Phi) is 1.86. The van der Waals surface area contributed by atoms with Crippen LogP contribution in [0, 0.1) is 17.3 Å². The zero-order valence-corrected chi connectivity index (χ0v) is 7.33. The van der Waals surface area contributed by atoms with Gasteiger partial charge in [0.05, 0.1) is 0 Å². The predicted octanol–water partition coefficient (Wildman–Crippen LogP) is -0.381. The summed E-state index contributed by atoms with van der Waals surface area (Å²) in [4.78, 5) is 21.4. The molecule has 1 rings (SSSR count). The summed E-state index contributed by atoms with van der Waals surface area (Å²) in [5, 5.41) is 0. The zero-order valence-electron chi connectivity index (χ0n) is 7.33. The van der Waals surface area contributed by atoms with Crippen LogP contribution in [-0.4, -0.2) is 11.8 Å². The van der Waals surface area contributed by atoms with Gasteiger partial charge >= 0.3 is 0 Å². The molecule has 4 N–H and O–H groups in total. The van der Waals surface area contributed by atoms with Gasteiger partial charge in [-0.15, -0.1) is 0 Å². The molecule has 12 heavy (non-hydrogen) atoms. The van der Waals surface area contributed by atoms with Gasteiger partial charge in [0.15, 0.2) is 0 Å². The lowest BCUT2D eigenvalue weighted by atomic mass is 10.1. The first-order valence-corrected chi connectivity index (χ1v) is 3.95. The first kappa shape index (κ1) is 9.03. The lowest BCUT2D eigenvalue weighted by Crippen LogP contribution is -2.17. The summed E-state index contributed by atoms with van der Waals surface area (Å²) in [6, 6.07) is 0. The summed E-state index contributed by atoms with van der Waals surface area (Å²) in [7, 11) is 0. The number of hydrogen-bond donors (Lipinski definition) is 2. The number of primary amides is 2. The van der Waals surface area contributed by atoms with Crippen LogP contribution in [0.2, 0.25) is 0 Å². The fourth-order valence-corrected chi connectivity index (χ4v) is 1.91. The maximum atomic E-state index is 10.8. The molecule has 0 aliphatic heterocycles. The fourth-order valence-electron chi connectivity index (χ4n) is 1.91. The molecule has 0 radical (unpaired) electrons. The van der Waals surface area contributed by atoms with Crippen LogP contribution in [0.5, 0.6) is 0 Å². The Bertz CT molecular complexity index is 235. The highest BCUT2D eigenvalue weighted by Gasteiger charge is 2.60. The SMILES string of the molecule is CC1(C)C(CC(N)=O)C1C(N)=O. The van der Waals surface area contributed by atoms with Crippen molar-refractivity contribution in [3.8, 4) is 0 Å². The molecule has 2 amide bonds.